The average molecular weight is 494 g/mol. The molecule has 0 saturated heterocycles. The lowest BCUT2D eigenvalue weighted by atomic mass is 9.89. The fraction of sp³-hybridized carbons (Fsp3) is 0.280. The number of nitrogens with zero attached hydrogens (tertiary/aromatic N) is 4. The zero-order valence-corrected chi connectivity index (χ0v) is 20.3. The Morgan fingerprint density at radius 1 is 1.24 bits per heavy atom. The molecule has 1 aromatic carbocycles. The van der Waals surface area contributed by atoms with E-state index in [1.54, 1.807) is 13.2 Å². The summed E-state index contributed by atoms with van der Waals surface area (Å²) in [5, 5.41) is 0.615. The van der Waals surface area contributed by atoms with E-state index >= 15 is 0 Å². The highest BCUT2D eigenvalue weighted by Crippen LogP contribution is 2.43. The summed E-state index contributed by atoms with van der Waals surface area (Å²) in [7, 11) is 1.62. The molecule has 0 atom stereocenters. The number of hydrogen-bond acceptors (Lipinski definition) is 5. The quantitative estimate of drug-likeness (QED) is 0.404. The largest absolute Gasteiger partial charge is 0.489 e. The zero-order valence-electron chi connectivity index (χ0n) is 18.7. The molecule has 34 heavy (non-hydrogen) atoms. The SMILES string of the molecule is C#[N+]C1CC(Oc2c(C)cc(Cl)cc2-c2ccnc3cc(Cn4c(=O)ccn(C)c4=O)sc23)C1. The summed E-state index contributed by atoms with van der Waals surface area (Å²) in [5.41, 5.74) is 2.85. The van der Waals surface area contributed by atoms with E-state index < -0.39 is 0 Å². The molecule has 1 aliphatic carbocycles. The number of pyridine rings is 1. The Kier molecular flexibility index (Phi) is 5.76. The van der Waals surface area contributed by atoms with Crippen LogP contribution in [0.15, 0.2) is 52.3 Å². The molecule has 5 rings (SSSR count). The summed E-state index contributed by atoms with van der Waals surface area (Å²) in [6, 6.07) is 9.17. The molecule has 4 aromatic rings. The Labute approximate surface area is 204 Å². The first-order chi connectivity index (χ1) is 16.3. The van der Waals surface area contributed by atoms with Crippen LogP contribution in [0.5, 0.6) is 5.75 Å². The van der Waals surface area contributed by atoms with Crippen molar-refractivity contribution >= 4 is 33.2 Å². The van der Waals surface area contributed by atoms with Gasteiger partial charge in [0, 0.05) is 46.5 Å². The first kappa shape index (κ1) is 22.4. The predicted octanol–water partition coefficient (Wildman–Crippen LogP) is 4.71. The van der Waals surface area contributed by atoms with Gasteiger partial charge in [0.1, 0.15) is 11.9 Å². The van der Waals surface area contributed by atoms with Gasteiger partial charge in [-0.15, -0.1) is 11.3 Å². The van der Waals surface area contributed by atoms with Crippen LogP contribution in [-0.2, 0) is 13.6 Å². The third-order valence-electron chi connectivity index (χ3n) is 6.11. The Morgan fingerprint density at radius 3 is 2.79 bits per heavy atom. The fourth-order valence-electron chi connectivity index (χ4n) is 4.20. The first-order valence-corrected chi connectivity index (χ1v) is 12.0. The van der Waals surface area contributed by atoms with E-state index in [2.05, 4.69) is 9.83 Å². The van der Waals surface area contributed by atoms with Crippen molar-refractivity contribution in [1.29, 1.82) is 0 Å². The standard InChI is InChI=1S/C25H22ClN4O3S/c1-14-8-15(26)9-20(23(14)33-17-10-16(11-17)27-2)19-4-6-28-21-12-18(34-24(19)21)13-30-22(31)5-7-29(3)25(30)32/h2,4-9,12,16-17H,10-11,13H2,1,3H3/q+1. The molecular formula is C25H22ClN4O3S+. The molecule has 172 valence electrons. The summed E-state index contributed by atoms with van der Waals surface area (Å²) >= 11 is 7.94. The molecule has 0 aliphatic heterocycles. The van der Waals surface area contributed by atoms with Gasteiger partial charge in [-0.05, 0) is 36.8 Å². The highest BCUT2D eigenvalue weighted by atomic mass is 35.5. The van der Waals surface area contributed by atoms with Gasteiger partial charge in [0.05, 0.1) is 29.6 Å². The molecule has 0 spiro atoms. The number of aryl methyl sites for hydroxylation is 2. The maximum atomic E-state index is 12.5. The van der Waals surface area contributed by atoms with Crippen LogP contribution in [0.4, 0.5) is 0 Å². The van der Waals surface area contributed by atoms with E-state index in [1.165, 1.54) is 32.7 Å². The highest BCUT2D eigenvalue weighted by Gasteiger charge is 2.39. The van der Waals surface area contributed by atoms with Crippen molar-refractivity contribution < 1.29 is 4.74 Å². The molecule has 0 bridgehead atoms. The Balaban J connectivity index is 1.58. The predicted molar refractivity (Wildman–Crippen MR) is 136 cm³/mol. The summed E-state index contributed by atoms with van der Waals surface area (Å²) in [6.07, 6.45) is 4.84. The van der Waals surface area contributed by atoms with Crippen molar-refractivity contribution in [2.75, 3.05) is 0 Å². The molecule has 0 N–H and O–H groups in total. The van der Waals surface area contributed by atoms with Crippen LogP contribution in [-0.4, -0.2) is 26.3 Å². The van der Waals surface area contributed by atoms with E-state index in [4.69, 9.17) is 22.9 Å². The van der Waals surface area contributed by atoms with E-state index in [-0.39, 0.29) is 29.9 Å². The molecule has 1 saturated carbocycles. The number of ether oxygens (including phenoxy) is 1. The van der Waals surface area contributed by atoms with Crippen LogP contribution >= 0.6 is 22.9 Å². The number of halogens is 1. The molecule has 0 amide bonds. The lowest BCUT2D eigenvalue weighted by Crippen LogP contribution is -2.37. The molecular weight excluding hydrogens is 472 g/mol. The van der Waals surface area contributed by atoms with Gasteiger partial charge in [-0.2, -0.15) is 0 Å². The number of thiophene rings is 1. The second-order valence-corrected chi connectivity index (χ2v) is 10.1. The maximum absolute atomic E-state index is 12.5. The highest BCUT2D eigenvalue weighted by molar-refractivity contribution is 7.19. The lowest BCUT2D eigenvalue weighted by molar-refractivity contribution is 0.113. The van der Waals surface area contributed by atoms with Crippen LogP contribution in [0.3, 0.4) is 0 Å². The van der Waals surface area contributed by atoms with Gasteiger partial charge >= 0.3 is 5.69 Å². The van der Waals surface area contributed by atoms with Gasteiger partial charge in [-0.3, -0.25) is 14.3 Å². The number of aromatic nitrogens is 3. The smallest absolute Gasteiger partial charge is 0.331 e. The van der Waals surface area contributed by atoms with Crippen molar-refractivity contribution in [3.8, 4) is 23.4 Å². The topological polar surface area (TPSA) is 70.5 Å². The normalized spacial score (nSPS) is 17.4. The summed E-state index contributed by atoms with van der Waals surface area (Å²) in [6.45, 7) is 7.56. The molecule has 9 heteroatoms. The molecule has 1 aliphatic rings. The number of hydrogen-bond donors (Lipinski definition) is 0. The maximum Gasteiger partial charge on any atom is 0.331 e. The lowest BCUT2D eigenvalue weighted by Gasteiger charge is -2.28. The van der Waals surface area contributed by atoms with Crippen LogP contribution in [0, 0.1) is 13.5 Å². The van der Waals surface area contributed by atoms with E-state index in [0.717, 1.165) is 50.4 Å². The second kappa shape index (κ2) is 8.75. The van der Waals surface area contributed by atoms with E-state index in [1.807, 2.05) is 31.2 Å². The summed E-state index contributed by atoms with van der Waals surface area (Å²) < 4.78 is 9.92. The van der Waals surface area contributed by atoms with Gasteiger partial charge < -0.3 is 9.30 Å². The molecule has 7 nitrogen and oxygen atoms in total. The van der Waals surface area contributed by atoms with Gasteiger partial charge in [-0.25, -0.2) is 4.79 Å². The molecule has 0 radical (unpaired) electrons. The minimum atomic E-state index is -0.359. The third kappa shape index (κ3) is 4.02. The van der Waals surface area contributed by atoms with Crippen molar-refractivity contribution in [2.24, 2.45) is 7.05 Å². The minimum absolute atomic E-state index is 0.0494. The average Bonchev–Trinajstić information content (AvgIpc) is 3.20. The monoisotopic (exact) mass is 493 g/mol. The summed E-state index contributed by atoms with van der Waals surface area (Å²) in [5.74, 6) is 0.778. The van der Waals surface area contributed by atoms with Crippen LogP contribution in [0.25, 0.3) is 26.2 Å². The van der Waals surface area contributed by atoms with Gasteiger partial charge in [0.15, 0.2) is 0 Å². The number of benzene rings is 1. The Bertz CT molecular complexity index is 1570. The Morgan fingerprint density at radius 2 is 2.03 bits per heavy atom. The molecule has 0 unspecified atom stereocenters. The van der Waals surface area contributed by atoms with Crippen LogP contribution in [0.2, 0.25) is 5.02 Å². The van der Waals surface area contributed by atoms with E-state index in [9.17, 15) is 9.59 Å². The first-order valence-electron chi connectivity index (χ1n) is 10.8. The number of fused-ring (bicyclic) bond motifs is 1. The fourth-order valence-corrected chi connectivity index (χ4v) is 5.61. The molecule has 3 heterocycles. The van der Waals surface area contributed by atoms with Crippen molar-refractivity contribution in [3.63, 3.8) is 0 Å². The minimum Gasteiger partial charge on any atom is -0.489 e. The zero-order chi connectivity index (χ0) is 24.0. The third-order valence-corrected chi connectivity index (χ3v) is 7.47. The van der Waals surface area contributed by atoms with Crippen molar-refractivity contribution in [1.82, 2.24) is 14.1 Å². The van der Waals surface area contributed by atoms with E-state index in [0.29, 0.717) is 5.02 Å². The molecule has 3 aromatic heterocycles. The second-order valence-electron chi connectivity index (χ2n) is 8.53. The van der Waals surface area contributed by atoms with Crippen molar-refractivity contribution in [3.05, 3.63) is 83.9 Å². The Hall–Kier alpha value is -3.41. The van der Waals surface area contributed by atoms with Crippen molar-refractivity contribution in [2.45, 2.75) is 38.5 Å². The molecule has 1 fully saturated rings. The van der Waals surface area contributed by atoms with Crippen LogP contribution in [0.1, 0.15) is 23.3 Å². The summed E-state index contributed by atoms with van der Waals surface area (Å²) in [4.78, 5) is 34.0. The number of rotatable bonds is 5. The van der Waals surface area contributed by atoms with Gasteiger partial charge in [0.2, 0.25) is 0 Å². The van der Waals surface area contributed by atoms with Gasteiger partial charge in [0.25, 0.3) is 18.2 Å². The van der Waals surface area contributed by atoms with Gasteiger partial charge in [-0.1, -0.05) is 16.4 Å². The van der Waals surface area contributed by atoms with Crippen LogP contribution < -0.4 is 16.0 Å².